The summed E-state index contributed by atoms with van der Waals surface area (Å²) in [6.45, 7) is 0. The van der Waals surface area contributed by atoms with Crippen molar-refractivity contribution in [3.8, 4) is 0 Å². The molecule has 0 saturated carbocycles. The molecule has 0 heterocycles. The summed E-state index contributed by atoms with van der Waals surface area (Å²) in [4.78, 5) is 21.2. The van der Waals surface area contributed by atoms with E-state index in [-0.39, 0.29) is 29.9 Å². The first-order chi connectivity index (χ1) is 9.47. The summed E-state index contributed by atoms with van der Waals surface area (Å²) in [6.07, 6.45) is 5.33. The molecule has 1 aromatic carbocycles. The van der Waals surface area contributed by atoms with Crippen molar-refractivity contribution >= 4 is 62.9 Å². The summed E-state index contributed by atoms with van der Waals surface area (Å²) in [5.41, 5.74) is 1.68. The van der Waals surface area contributed by atoms with E-state index in [0.717, 1.165) is 32.2 Å². The van der Waals surface area contributed by atoms with Gasteiger partial charge in [-0.05, 0) is 0 Å². The van der Waals surface area contributed by atoms with Gasteiger partial charge >= 0.3 is 130 Å². The average molecular weight is 404 g/mol. The molecule has 2 N–H and O–H groups in total. The number of benzene rings is 1. The maximum absolute atomic E-state index is 10.6. The summed E-state index contributed by atoms with van der Waals surface area (Å²) >= 11 is 0.487. The van der Waals surface area contributed by atoms with Crippen LogP contribution in [0.3, 0.4) is 0 Å². The second-order valence-corrected chi connectivity index (χ2v) is 7.24. The third kappa shape index (κ3) is 4.99. The van der Waals surface area contributed by atoms with Gasteiger partial charge < -0.3 is 0 Å². The first-order valence-electron chi connectivity index (χ1n) is 5.56. The Balaban J connectivity index is 3.32. The Labute approximate surface area is 129 Å². The number of aliphatic carboxylic acids is 2. The van der Waals surface area contributed by atoms with Crippen molar-refractivity contribution in [1.82, 2.24) is 0 Å². The molecule has 0 atom stereocenters. The van der Waals surface area contributed by atoms with Gasteiger partial charge in [0.15, 0.2) is 0 Å². The van der Waals surface area contributed by atoms with Gasteiger partial charge in [-0.15, -0.1) is 0 Å². The van der Waals surface area contributed by atoms with Crippen LogP contribution in [-0.2, 0) is 9.59 Å². The van der Waals surface area contributed by atoms with E-state index in [1.165, 1.54) is 0 Å². The van der Waals surface area contributed by atoms with Crippen molar-refractivity contribution in [2.24, 2.45) is 0 Å². The molecule has 0 amide bonds. The molecule has 0 aliphatic heterocycles. The van der Waals surface area contributed by atoms with Crippen LogP contribution < -0.4 is 8.92 Å². The van der Waals surface area contributed by atoms with Crippen LogP contribution in [0.1, 0.15) is 11.1 Å². The van der Waals surface area contributed by atoms with Crippen LogP contribution in [0.5, 0.6) is 0 Å². The van der Waals surface area contributed by atoms with Crippen molar-refractivity contribution in [2.45, 2.75) is 11.6 Å². The predicted octanol–water partition coefficient (Wildman–Crippen LogP) is 0.637. The fraction of sp³-hybridized carbons (Fsp3) is 0.143. The minimum atomic E-state index is -0.994. The Kier molecular flexibility index (Phi) is 6.76. The molecular formula is C14H14O4Se2. The summed E-state index contributed by atoms with van der Waals surface area (Å²) in [5, 5.41) is 17.4. The van der Waals surface area contributed by atoms with Gasteiger partial charge in [0.2, 0.25) is 0 Å². The molecule has 0 radical (unpaired) electrons. The maximum atomic E-state index is 10.6. The Morgan fingerprint density at radius 1 is 0.900 bits per heavy atom. The zero-order valence-electron chi connectivity index (χ0n) is 11.0. The third-order valence-electron chi connectivity index (χ3n) is 2.39. The van der Waals surface area contributed by atoms with Crippen LogP contribution in [-0.4, -0.2) is 52.1 Å². The molecule has 0 saturated heterocycles. The van der Waals surface area contributed by atoms with Crippen LogP contribution in [0.25, 0.3) is 12.2 Å². The van der Waals surface area contributed by atoms with E-state index in [1.54, 1.807) is 12.2 Å². The SMILES string of the molecule is C[Se]c1cc([Se]C)c(/C=C/C(=O)O)cc1/C=C/C(=O)O. The molecule has 4 nitrogen and oxygen atoms in total. The van der Waals surface area contributed by atoms with E-state index in [0.29, 0.717) is 0 Å². The van der Waals surface area contributed by atoms with Gasteiger partial charge in [-0.25, -0.2) is 0 Å². The van der Waals surface area contributed by atoms with Crippen molar-refractivity contribution in [3.05, 3.63) is 35.4 Å². The molecule has 0 unspecified atom stereocenters. The molecule has 1 rings (SSSR count). The van der Waals surface area contributed by atoms with Gasteiger partial charge in [0.25, 0.3) is 0 Å². The van der Waals surface area contributed by atoms with Crippen LogP contribution >= 0.6 is 0 Å². The zero-order valence-corrected chi connectivity index (χ0v) is 14.4. The number of rotatable bonds is 6. The minimum absolute atomic E-state index is 0.243. The first-order valence-corrected chi connectivity index (χ1v) is 10.7. The van der Waals surface area contributed by atoms with Crippen LogP contribution in [0.4, 0.5) is 0 Å². The van der Waals surface area contributed by atoms with Gasteiger partial charge in [0.05, 0.1) is 0 Å². The Hall–Kier alpha value is -1.32. The molecule has 1 aromatic rings. The van der Waals surface area contributed by atoms with E-state index >= 15 is 0 Å². The van der Waals surface area contributed by atoms with E-state index in [9.17, 15) is 9.59 Å². The molecule has 0 aliphatic rings. The summed E-state index contributed by atoms with van der Waals surface area (Å²) in [7, 11) is 0. The molecular weight excluding hydrogens is 390 g/mol. The van der Waals surface area contributed by atoms with E-state index in [1.807, 2.05) is 6.07 Å². The van der Waals surface area contributed by atoms with Gasteiger partial charge in [-0.3, -0.25) is 0 Å². The molecule has 106 valence electrons. The predicted molar refractivity (Wildman–Crippen MR) is 82.3 cm³/mol. The number of carbonyl (C=O) groups is 2. The fourth-order valence-corrected chi connectivity index (χ4v) is 4.42. The Bertz CT molecular complexity index is 530. The van der Waals surface area contributed by atoms with Gasteiger partial charge in [-0.1, -0.05) is 0 Å². The van der Waals surface area contributed by atoms with Crippen molar-refractivity contribution in [1.29, 1.82) is 0 Å². The Morgan fingerprint density at radius 3 is 1.60 bits per heavy atom. The second kappa shape index (κ2) is 8.07. The summed E-state index contributed by atoms with van der Waals surface area (Å²) in [6, 6.07) is 3.92. The van der Waals surface area contributed by atoms with E-state index in [4.69, 9.17) is 10.2 Å². The molecule has 0 bridgehead atoms. The third-order valence-corrected chi connectivity index (χ3v) is 5.72. The van der Waals surface area contributed by atoms with Crippen molar-refractivity contribution in [3.63, 3.8) is 0 Å². The average Bonchev–Trinajstić information content (AvgIpc) is 2.42. The Morgan fingerprint density at radius 2 is 1.30 bits per heavy atom. The molecule has 0 fully saturated rings. The fourth-order valence-electron chi connectivity index (χ4n) is 1.53. The van der Waals surface area contributed by atoms with Crippen LogP contribution in [0.2, 0.25) is 11.6 Å². The number of hydrogen-bond acceptors (Lipinski definition) is 2. The molecule has 0 spiro atoms. The van der Waals surface area contributed by atoms with Gasteiger partial charge in [0.1, 0.15) is 0 Å². The van der Waals surface area contributed by atoms with Gasteiger partial charge in [0, 0.05) is 0 Å². The topological polar surface area (TPSA) is 74.6 Å². The van der Waals surface area contributed by atoms with Crippen LogP contribution in [0, 0.1) is 0 Å². The molecule has 0 aromatic heterocycles. The number of carboxylic acids is 2. The second-order valence-electron chi connectivity index (χ2n) is 3.68. The molecule has 20 heavy (non-hydrogen) atoms. The normalized spacial score (nSPS) is 11.3. The monoisotopic (exact) mass is 406 g/mol. The van der Waals surface area contributed by atoms with Crippen LogP contribution in [0.15, 0.2) is 24.3 Å². The van der Waals surface area contributed by atoms with Gasteiger partial charge in [-0.2, -0.15) is 0 Å². The van der Waals surface area contributed by atoms with Crippen molar-refractivity contribution in [2.75, 3.05) is 0 Å². The standard InChI is InChI=1S/C14H14O4Se2/c1-19-11-8-12(20-2)10(4-6-14(17)18)7-9(11)3-5-13(15)16/h3-8H,1-2H3,(H,15,16)(H,17,18)/b5-3+,6-4+. The molecule has 0 aliphatic carbocycles. The molecule has 6 heteroatoms. The van der Waals surface area contributed by atoms with Crippen molar-refractivity contribution < 1.29 is 19.8 Å². The van der Waals surface area contributed by atoms with E-state index < -0.39 is 11.9 Å². The number of hydrogen-bond donors (Lipinski definition) is 2. The quantitative estimate of drug-likeness (QED) is 0.539. The first kappa shape index (κ1) is 16.7. The zero-order chi connectivity index (χ0) is 15.1. The summed E-state index contributed by atoms with van der Waals surface area (Å²) < 4.78 is 2.25. The van der Waals surface area contributed by atoms with E-state index in [2.05, 4.69) is 17.7 Å². The number of carboxylic acid groups (broad SMARTS) is 2. The summed E-state index contributed by atoms with van der Waals surface area (Å²) in [5.74, 6) is 2.15.